The topological polar surface area (TPSA) is 20.2 Å². The van der Waals surface area contributed by atoms with E-state index in [9.17, 15) is 5.11 Å². The molecule has 0 heterocycles. The molecule has 88 valence electrons. The molecule has 0 saturated heterocycles. The first kappa shape index (κ1) is 12.9. The van der Waals surface area contributed by atoms with Gasteiger partial charge in [0, 0.05) is 4.47 Å². The van der Waals surface area contributed by atoms with Crippen molar-refractivity contribution in [1.29, 1.82) is 0 Å². The number of hydrogen-bond acceptors (Lipinski definition) is 1. The van der Waals surface area contributed by atoms with Crippen molar-refractivity contribution >= 4 is 39.1 Å². The quantitative estimate of drug-likeness (QED) is 0.835. The van der Waals surface area contributed by atoms with Crippen LogP contribution in [0.15, 0.2) is 46.9 Å². The van der Waals surface area contributed by atoms with Crippen LogP contribution in [0.3, 0.4) is 0 Å². The van der Waals surface area contributed by atoms with Crippen LogP contribution in [0.1, 0.15) is 17.2 Å². The van der Waals surface area contributed by atoms with Gasteiger partial charge in [-0.1, -0.05) is 57.3 Å². The third-order valence-corrected chi connectivity index (χ3v) is 3.71. The lowest BCUT2D eigenvalue weighted by Crippen LogP contribution is -1.99. The standard InChI is InChI=1S/C13H9BrCl2O/c14-10-4-1-8(2-5-10)13(17)9-3-6-11(15)12(16)7-9/h1-7,13,17H. The summed E-state index contributed by atoms with van der Waals surface area (Å²) in [5.74, 6) is 0. The van der Waals surface area contributed by atoms with E-state index in [1.807, 2.05) is 24.3 Å². The van der Waals surface area contributed by atoms with E-state index >= 15 is 0 Å². The van der Waals surface area contributed by atoms with Gasteiger partial charge in [0.1, 0.15) is 6.10 Å². The SMILES string of the molecule is OC(c1ccc(Br)cc1)c1ccc(Cl)c(Cl)c1. The molecule has 1 unspecified atom stereocenters. The Kier molecular flexibility index (Phi) is 4.10. The molecule has 4 heteroatoms. The van der Waals surface area contributed by atoms with Crippen LogP contribution >= 0.6 is 39.1 Å². The first-order chi connectivity index (χ1) is 8.08. The average molecular weight is 332 g/mol. The predicted octanol–water partition coefficient (Wildman–Crippen LogP) is 4.84. The van der Waals surface area contributed by atoms with Crippen molar-refractivity contribution in [2.45, 2.75) is 6.10 Å². The van der Waals surface area contributed by atoms with Crippen molar-refractivity contribution in [2.75, 3.05) is 0 Å². The van der Waals surface area contributed by atoms with Crippen LogP contribution in [-0.4, -0.2) is 5.11 Å². The van der Waals surface area contributed by atoms with Crippen molar-refractivity contribution in [2.24, 2.45) is 0 Å². The summed E-state index contributed by atoms with van der Waals surface area (Å²) in [5.41, 5.74) is 1.54. The summed E-state index contributed by atoms with van der Waals surface area (Å²) in [6.45, 7) is 0. The zero-order valence-electron chi connectivity index (χ0n) is 8.70. The Morgan fingerprint density at radius 2 is 1.47 bits per heavy atom. The van der Waals surface area contributed by atoms with Crippen LogP contribution in [-0.2, 0) is 0 Å². The van der Waals surface area contributed by atoms with E-state index < -0.39 is 6.10 Å². The monoisotopic (exact) mass is 330 g/mol. The van der Waals surface area contributed by atoms with Gasteiger partial charge in [-0.05, 0) is 35.4 Å². The molecular weight excluding hydrogens is 323 g/mol. The van der Waals surface area contributed by atoms with E-state index in [1.54, 1.807) is 18.2 Å². The molecule has 0 aliphatic rings. The average Bonchev–Trinajstić information content (AvgIpc) is 2.33. The van der Waals surface area contributed by atoms with Gasteiger partial charge in [0.25, 0.3) is 0 Å². The first-order valence-corrected chi connectivity index (χ1v) is 6.51. The summed E-state index contributed by atoms with van der Waals surface area (Å²) in [6.07, 6.45) is -0.696. The molecular formula is C13H9BrCl2O. The van der Waals surface area contributed by atoms with Crippen molar-refractivity contribution in [1.82, 2.24) is 0 Å². The minimum absolute atomic E-state index is 0.445. The van der Waals surface area contributed by atoms with Crippen molar-refractivity contribution in [3.63, 3.8) is 0 Å². The van der Waals surface area contributed by atoms with Crippen LogP contribution in [0.5, 0.6) is 0 Å². The van der Waals surface area contributed by atoms with Gasteiger partial charge in [-0.2, -0.15) is 0 Å². The van der Waals surface area contributed by atoms with E-state index in [0.29, 0.717) is 10.0 Å². The van der Waals surface area contributed by atoms with Gasteiger partial charge in [0.15, 0.2) is 0 Å². The van der Waals surface area contributed by atoms with E-state index in [2.05, 4.69) is 15.9 Å². The van der Waals surface area contributed by atoms with Crippen LogP contribution in [0.25, 0.3) is 0 Å². The molecule has 0 amide bonds. The summed E-state index contributed by atoms with van der Waals surface area (Å²) < 4.78 is 0.975. The molecule has 2 aromatic carbocycles. The van der Waals surface area contributed by atoms with Gasteiger partial charge in [-0.15, -0.1) is 0 Å². The zero-order valence-corrected chi connectivity index (χ0v) is 11.8. The lowest BCUT2D eigenvalue weighted by atomic mass is 10.0. The second kappa shape index (κ2) is 5.40. The third-order valence-electron chi connectivity index (χ3n) is 2.45. The number of rotatable bonds is 2. The summed E-state index contributed by atoms with van der Waals surface area (Å²) in [4.78, 5) is 0. The molecule has 2 rings (SSSR count). The molecule has 0 bridgehead atoms. The van der Waals surface area contributed by atoms with Gasteiger partial charge in [0.2, 0.25) is 0 Å². The lowest BCUT2D eigenvalue weighted by molar-refractivity contribution is 0.220. The first-order valence-electron chi connectivity index (χ1n) is 4.96. The van der Waals surface area contributed by atoms with Crippen molar-refractivity contribution in [3.05, 3.63) is 68.1 Å². The predicted molar refractivity (Wildman–Crippen MR) is 74.7 cm³/mol. The Morgan fingerprint density at radius 1 is 0.882 bits per heavy atom. The molecule has 0 aromatic heterocycles. The second-order valence-corrected chi connectivity index (χ2v) is 5.36. The molecule has 0 aliphatic heterocycles. The molecule has 17 heavy (non-hydrogen) atoms. The van der Waals surface area contributed by atoms with Gasteiger partial charge >= 0.3 is 0 Å². The fourth-order valence-corrected chi connectivity index (χ4v) is 2.09. The number of hydrogen-bond donors (Lipinski definition) is 1. The highest BCUT2D eigenvalue weighted by molar-refractivity contribution is 9.10. The van der Waals surface area contributed by atoms with Gasteiger partial charge in [-0.3, -0.25) is 0 Å². The largest absolute Gasteiger partial charge is 0.384 e. The van der Waals surface area contributed by atoms with Gasteiger partial charge in [0.05, 0.1) is 10.0 Å². The molecule has 0 saturated carbocycles. The Morgan fingerprint density at radius 3 is 2.06 bits per heavy atom. The van der Waals surface area contributed by atoms with Crippen LogP contribution in [0, 0.1) is 0 Å². The Labute approximate surface area is 118 Å². The molecule has 1 N–H and O–H groups in total. The molecule has 1 atom stereocenters. The summed E-state index contributed by atoms with van der Waals surface area (Å²) >= 11 is 15.1. The van der Waals surface area contributed by atoms with Crippen LogP contribution in [0.4, 0.5) is 0 Å². The van der Waals surface area contributed by atoms with Crippen molar-refractivity contribution < 1.29 is 5.11 Å². The minimum Gasteiger partial charge on any atom is -0.384 e. The number of halogens is 3. The maximum absolute atomic E-state index is 10.2. The Bertz CT molecular complexity index is 525. The number of aliphatic hydroxyl groups excluding tert-OH is 1. The number of aliphatic hydroxyl groups is 1. The molecule has 2 aromatic rings. The highest BCUT2D eigenvalue weighted by atomic mass is 79.9. The summed E-state index contributed by atoms with van der Waals surface area (Å²) in [6, 6.07) is 12.6. The fourth-order valence-electron chi connectivity index (χ4n) is 1.52. The summed E-state index contributed by atoms with van der Waals surface area (Å²) in [7, 11) is 0. The van der Waals surface area contributed by atoms with E-state index in [0.717, 1.165) is 15.6 Å². The molecule has 1 nitrogen and oxygen atoms in total. The Hall–Kier alpha value is -0.540. The Balaban J connectivity index is 2.33. The molecule has 0 aliphatic carbocycles. The number of benzene rings is 2. The minimum atomic E-state index is -0.696. The van der Waals surface area contributed by atoms with E-state index in [1.165, 1.54) is 0 Å². The zero-order chi connectivity index (χ0) is 12.4. The fraction of sp³-hybridized carbons (Fsp3) is 0.0769. The van der Waals surface area contributed by atoms with Crippen LogP contribution < -0.4 is 0 Å². The van der Waals surface area contributed by atoms with Gasteiger partial charge < -0.3 is 5.11 Å². The molecule has 0 radical (unpaired) electrons. The second-order valence-electron chi connectivity index (χ2n) is 3.63. The van der Waals surface area contributed by atoms with E-state index in [4.69, 9.17) is 23.2 Å². The summed E-state index contributed by atoms with van der Waals surface area (Å²) in [5, 5.41) is 11.1. The third kappa shape index (κ3) is 3.02. The van der Waals surface area contributed by atoms with Crippen LogP contribution in [0.2, 0.25) is 10.0 Å². The van der Waals surface area contributed by atoms with E-state index in [-0.39, 0.29) is 0 Å². The maximum Gasteiger partial charge on any atom is 0.104 e. The maximum atomic E-state index is 10.2. The highest BCUT2D eigenvalue weighted by Crippen LogP contribution is 2.29. The van der Waals surface area contributed by atoms with Crippen molar-refractivity contribution in [3.8, 4) is 0 Å². The molecule has 0 spiro atoms. The highest BCUT2D eigenvalue weighted by Gasteiger charge is 2.11. The normalized spacial score (nSPS) is 12.5. The van der Waals surface area contributed by atoms with Gasteiger partial charge in [-0.25, -0.2) is 0 Å². The lowest BCUT2D eigenvalue weighted by Gasteiger charge is -2.12. The molecule has 0 fully saturated rings. The smallest absolute Gasteiger partial charge is 0.104 e.